The highest BCUT2D eigenvalue weighted by molar-refractivity contribution is 7.99. The van der Waals surface area contributed by atoms with E-state index in [-0.39, 0.29) is 0 Å². The molecule has 0 aromatic rings. The molecule has 0 spiro atoms. The van der Waals surface area contributed by atoms with Crippen molar-refractivity contribution in [1.29, 1.82) is 0 Å². The number of hydrogen-bond acceptors (Lipinski definition) is 3. The largest absolute Gasteiger partial charge is 0.381 e. The summed E-state index contributed by atoms with van der Waals surface area (Å²) in [5, 5.41) is 4.61. The SMILES string of the molecule is CC1CCCC(SCCNC2CCOCC2)C1. The lowest BCUT2D eigenvalue weighted by Gasteiger charge is -2.27. The van der Waals surface area contributed by atoms with E-state index in [9.17, 15) is 0 Å². The first-order valence-electron chi connectivity index (χ1n) is 7.27. The van der Waals surface area contributed by atoms with E-state index >= 15 is 0 Å². The average molecular weight is 257 g/mol. The van der Waals surface area contributed by atoms with Gasteiger partial charge in [0.15, 0.2) is 0 Å². The van der Waals surface area contributed by atoms with Gasteiger partial charge in [0.05, 0.1) is 0 Å². The van der Waals surface area contributed by atoms with Crippen LogP contribution in [0.4, 0.5) is 0 Å². The van der Waals surface area contributed by atoms with Crippen molar-refractivity contribution >= 4 is 11.8 Å². The van der Waals surface area contributed by atoms with Crippen LogP contribution in [-0.2, 0) is 4.74 Å². The van der Waals surface area contributed by atoms with E-state index in [1.54, 1.807) is 0 Å². The number of nitrogens with one attached hydrogen (secondary N) is 1. The molecular formula is C14H27NOS. The van der Waals surface area contributed by atoms with Gasteiger partial charge in [0.1, 0.15) is 0 Å². The van der Waals surface area contributed by atoms with Crippen LogP contribution >= 0.6 is 11.8 Å². The van der Waals surface area contributed by atoms with Crippen molar-refractivity contribution in [2.45, 2.75) is 56.7 Å². The maximum absolute atomic E-state index is 5.37. The summed E-state index contributed by atoms with van der Waals surface area (Å²) < 4.78 is 5.37. The summed E-state index contributed by atoms with van der Waals surface area (Å²) >= 11 is 2.20. The topological polar surface area (TPSA) is 21.3 Å². The second-order valence-electron chi connectivity index (χ2n) is 5.61. The lowest BCUT2D eigenvalue weighted by atomic mass is 9.91. The first-order valence-corrected chi connectivity index (χ1v) is 8.32. The zero-order valence-electron chi connectivity index (χ0n) is 11.1. The molecule has 2 rings (SSSR count). The van der Waals surface area contributed by atoms with Crippen LogP contribution in [0, 0.1) is 5.92 Å². The number of hydrogen-bond donors (Lipinski definition) is 1. The molecule has 3 heteroatoms. The van der Waals surface area contributed by atoms with Crippen LogP contribution in [0.25, 0.3) is 0 Å². The third kappa shape index (κ3) is 5.19. The molecule has 0 bridgehead atoms. The van der Waals surface area contributed by atoms with Gasteiger partial charge in [-0.15, -0.1) is 0 Å². The zero-order valence-corrected chi connectivity index (χ0v) is 11.9. The molecule has 100 valence electrons. The highest BCUT2D eigenvalue weighted by atomic mass is 32.2. The molecule has 0 amide bonds. The van der Waals surface area contributed by atoms with Crippen molar-refractivity contribution in [3.05, 3.63) is 0 Å². The van der Waals surface area contributed by atoms with Gasteiger partial charge in [0, 0.05) is 36.8 Å². The van der Waals surface area contributed by atoms with Crippen LogP contribution in [0.3, 0.4) is 0 Å². The predicted octanol–water partition coefficient (Wildman–Crippen LogP) is 3.07. The minimum absolute atomic E-state index is 0.717. The van der Waals surface area contributed by atoms with Crippen molar-refractivity contribution in [3.63, 3.8) is 0 Å². The monoisotopic (exact) mass is 257 g/mol. The molecule has 1 aliphatic heterocycles. The molecule has 1 N–H and O–H groups in total. The summed E-state index contributed by atoms with van der Waals surface area (Å²) in [7, 11) is 0. The van der Waals surface area contributed by atoms with Crippen LogP contribution in [0.15, 0.2) is 0 Å². The van der Waals surface area contributed by atoms with Crippen LogP contribution in [0.2, 0.25) is 0 Å². The van der Waals surface area contributed by atoms with E-state index in [0.717, 1.165) is 30.4 Å². The van der Waals surface area contributed by atoms with E-state index in [2.05, 4.69) is 24.0 Å². The molecule has 2 unspecified atom stereocenters. The molecule has 1 aliphatic carbocycles. The van der Waals surface area contributed by atoms with E-state index in [0.29, 0.717) is 0 Å². The fourth-order valence-corrected chi connectivity index (χ4v) is 4.29. The Kier molecular flexibility index (Phi) is 6.16. The normalized spacial score (nSPS) is 31.6. The molecule has 1 heterocycles. The van der Waals surface area contributed by atoms with Gasteiger partial charge < -0.3 is 10.1 Å². The van der Waals surface area contributed by atoms with Gasteiger partial charge in [-0.2, -0.15) is 11.8 Å². The Morgan fingerprint density at radius 1 is 1.18 bits per heavy atom. The Hall–Kier alpha value is 0.270. The molecule has 0 radical (unpaired) electrons. The minimum Gasteiger partial charge on any atom is -0.381 e. The van der Waals surface area contributed by atoms with Crippen molar-refractivity contribution in [3.8, 4) is 0 Å². The highest BCUT2D eigenvalue weighted by Gasteiger charge is 2.19. The lowest BCUT2D eigenvalue weighted by molar-refractivity contribution is 0.0786. The van der Waals surface area contributed by atoms with Crippen molar-refractivity contribution in [2.24, 2.45) is 5.92 Å². The van der Waals surface area contributed by atoms with E-state index in [4.69, 9.17) is 4.74 Å². The highest BCUT2D eigenvalue weighted by Crippen LogP contribution is 2.31. The van der Waals surface area contributed by atoms with Gasteiger partial charge in [-0.3, -0.25) is 0 Å². The quantitative estimate of drug-likeness (QED) is 0.765. The maximum Gasteiger partial charge on any atom is 0.0480 e. The Balaban J connectivity index is 1.50. The van der Waals surface area contributed by atoms with Gasteiger partial charge in [0.25, 0.3) is 0 Å². The molecule has 17 heavy (non-hydrogen) atoms. The van der Waals surface area contributed by atoms with Gasteiger partial charge in [-0.05, 0) is 31.6 Å². The van der Waals surface area contributed by atoms with Crippen LogP contribution in [-0.4, -0.2) is 36.8 Å². The average Bonchev–Trinajstić information content (AvgIpc) is 2.36. The summed E-state index contributed by atoms with van der Waals surface area (Å²) in [6.45, 7) is 5.49. The first-order chi connectivity index (χ1) is 8.34. The smallest absolute Gasteiger partial charge is 0.0480 e. The fourth-order valence-electron chi connectivity index (χ4n) is 2.92. The molecule has 2 aliphatic rings. The maximum atomic E-state index is 5.37. The molecule has 0 aromatic heterocycles. The molecule has 2 atom stereocenters. The summed E-state index contributed by atoms with van der Waals surface area (Å²) in [4.78, 5) is 0. The van der Waals surface area contributed by atoms with E-state index in [1.165, 1.54) is 50.8 Å². The summed E-state index contributed by atoms with van der Waals surface area (Å²) in [5.74, 6) is 2.25. The van der Waals surface area contributed by atoms with Gasteiger partial charge in [-0.25, -0.2) is 0 Å². The standard InChI is InChI=1S/C14H27NOS/c1-12-3-2-4-14(11-12)17-10-7-15-13-5-8-16-9-6-13/h12-15H,2-11H2,1H3. The van der Waals surface area contributed by atoms with Crippen LogP contribution in [0.1, 0.15) is 45.4 Å². The summed E-state index contributed by atoms with van der Waals surface area (Å²) in [5.41, 5.74) is 0. The molecule has 1 saturated heterocycles. The second kappa shape index (κ2) is 7.65. The summed E-state index contributed by atoms with van der Waals surface area (Å²) in [6, 6.07) is 0.717. The molecule has 2 nitrogen and oxygen atoms in total. The fraction of sp³-hybridized carbons (Fsp3) is 1.00. The van der Waals surface area contributed by atoms with Crippen LogP contribution < -0.4 is 5.32 Å². The van der Waals surface area contributed by atoms with Gasteiger partial charge in [0.2, 0.25) is 0 Å². The Morgan fingerprint density at radius 3 is 2.76 bits per heavy atom. The third-order valence-corrected chi connectivity index (χ3v) is 5.34. The number of rotatable bonds is 5. The molecule has 0 aromatic carbocycles. The van der Waals surface area contributed by atoms with Crippen LogP contribution in [0.5, 0.6) is 0 Å². The molecule has 1 saturated carbocycles. The van der Waals surface area contributed by atoms with Gasteiger partial charge >= 0.3 is 0 Å². The first kappa shape index (κ1) is 13.7. The summed E-state index contributed by atoms with van der Waals surface area (Å²) in [6.07, 6.45) is 8.20. The number of thioether (sulfide) groups is 1. The van der Waals surface area contributed by atoms with E-state index < -0.39 is 0 Å². The predicted molar refractivity (Wildman–Crippen MR) is 75.7 cm³/mol. The molecular weight excluding hydrogens is 230 g/mol. The second-order valence-corrected chi connectivity index (χ2v) is 7.01. The Bertz CT molecular complexity index is 206. The van der Waals surface area contributed by atoms with Crippen molar-refractivity contribution < 1.29 is 4.74 Å². The van der Waals surface area contributed by atoms with Gasteiger partial charge in [-0.1, -0.05) is 19.8 Å². The Labute approximate surface area is 110 Å². The lowest BCUT2D eigenvalue weighted by Crippen LogP contribution is -2.36. The molecule has 2 fully saturated rings. The third-order valence-electron chi connectivity index (χ3n) is 4.00. The minimum atomic E-state index is 0.717. The number of ether oxygens (including phenoxy) is 1. The van der Waals surface area contributed by atoms with Crippen molar-refractivity contribution in [1.82, 2.24) is 5.32 Å². The van der Waals surface area contributed by atoms with Crippen molar-refractivity contribution in [2.75, 3.05) is 25.5 Å². The Morgan fingerprint density at radius 2 is 2.00 bits per heavy atom. The van der Waals surface area contributed by atoms with E-state index in [1.807, 2.05) is 0 Å². The zero-order chi connectivity index (χ0) is 11.9.